The van der Waals surface area contributed by atoms with Crippen LogP contribution in [0.3, 0.4) is 0 Å². The van der Waals surface area contributed by atoms with E-state index >= 15 is 0 Å². The minimum atomic E-state index is -0.305. The summed E-state index contributed by atoms with van der Waals surface area (Å²) in [5.74, 6) is -0.305. The first-order valence-corrected chi connectivity index (χ1v) is 7.81. The number of ether oxygens (including phenoxy) is 1. The zero-order chi connectivity index (χ0) is 16.1. The lowest BCUT2D eigenvalue weighted by Crippen LogP contribution is -2.04. The van der Waals surface area contributed by atoms with Crippen LogP contribution in [0.2, 0.25) is 0 Å². The van der Waals surface area contributed by atoms with Gasteiger partial charge in [0.15, 0.2) is 5.65 Å². The zero-order valence-electron chi connectivity index (χ0n) is 13.1. The molecule has 0 atom stereocenters. The first kappa shape index (κ1) is 15.2. The largest absolute Gasteiger partial charge is 0.461 e. The first-order valence-electron chi connectivity index (χ1n) is 7.81. The average Bonchev–Trinajstić information content (AvgIpc) is 3.04. The number of aromatic amines is 1. The van der Waals surface area contributed by atoms with E-state index in [1.807, 2.05) is 30.5 Å². The fourth-order valence-electron chi connectivity index (χ4n) is 2.52. The molecule has 0 aliphatic heterocycles. The van der Waals surface area contributed by atoms with Gasteiger partial charge in [-0.25, -0.2) is 14.8 Å². The highest BCUT2D eigenvalue weighted by Gasteiger charge is 2.09. The van der Waals surface area contributed by atoms with E-state index in [-0.39, 0.29) is 5.97 Å². The normalized spacial score (nSPS) is 10.8. The maximum Gasteiger partial charge on any atom is 0.354 e. The number of H-pyrrole nitrogens is 1. The summed E-state index contributed by atoms with van der Waals surface area (Å²) in [4.78, 5) is 23.4. The minimum Gasteiger partial charge on any atom is -0.461 e. The van der Waals surface area contributed by atoms with Gasteiger partial charge >= 0.3 is 5.97 Å². The molecule has 3 heterocycles. The lowest BCUT2D eigenvalue weighted by Gasteiger charge is -2.02. The van der Waals surface area contributed by atoms with Gasteiger partial charge in [-0.1, -0.05) is 0 Å². The van der Waals surface area contributed by atoms with Gasteiger partial charge in [-0.2, -0.15) is 0 Å². The number of nitrogens with zero attached hydrogens (tertiary/aromatic N) is 2. The number of nitrogens with one attached hydrogen (secondary N) is 1. The van der Waals surface area contributed by atoms with Gasteiger partial charge in [0, 0.05) is 23.5 Å². The van der Waals surface area contributed by atoms with Crippen LogP contribution in [0.4, 0.5) is 0 Å². The van der Waals surface area contributed by atoms with E-state index in [0.717, 1.165) is 41.6 Å². The molecule has 3 aromatic rings. The van der Waals surface area contributed by atoms with E-state index in [1.165, 1.54) is 0 Å². The molecule has 5 heteroatoms. The van der Waals surface area contributed by atoms with Gasteiger partial charge < -0.3 is 9.72 Å². The molecule has 0 radical (unpaired) electrons. The number of carbonyl (C=O) groups is 1. The Balaban J connectivity index is 1.57. The van der Waals surface area contributed by atoms with Crippen LogP contribution < -0.4 is 0 Å². The molecule has 118 valence electrons. The van der Waals surface area contributed by atoms with Crippen molar-refractivity contribution in [2.45, 2.75) is 26.2 Å². The van der Waals surface area contributed by atoms with Crippen LogP contribution >= 0.6 is 0 Å². The van der Waals surface area contributed by atoms with Crippen molar-refractivity contribution in [1.29, 1.82) is 0 Å². The van der Waals surface area contributed by atoms with Crippen molar-refractivity contribution in [3.8, 4) is 0 Å². The molecule has 0 aliphatic carbocycles. The van der Waals surface area contributed by atoms with Gasteiger partial charge in [-0.3, -0.25) is 0 Å². The van der Waals surface area contributed by atoms with Crippen molar-refractivity contribution in [2.24, 2.45) is 0 Å². The number of pyridine rings is 2. The second-order valence-electron chi connectivity index (χ2n) is 5.35. The zero-order valence-corrected chi connectivity index (χ0v) is 13.1. The van der Waals surface area contributed by atoms with Crippen molar-refractivity contribution >= 4 is 17.0 Å². The Morgan fingerprint density at radius 1 is 1.26 bits per heavy atom. The second kappa shape index (κ2) is 7.05. The van der Waals surface area contributed by atoms with Crippen molar-refractivity contribution in [1.82, 2.24) is 15.0 Å². The van der Waals surface area contributed by atoms with E-state index in [4.69, 9.17) is 4.74 Å². The Morgan fingerprint density at radius 2 is 2.17 bits per heavy atom. The first-order chi connectivity index (χ1) is 11.3. The predicted molar refractivity (Wildman–Crippen MR) is 88.3 cm³/mol. The maximum atomic E-state index is 11.6. The van der Waals surface area contributed by atoms with Crippen molar-refractivity contribution < 1.29 is 9.53 Å². The standard InChI is InChI=1S/C18H19N3O2/c1-2-23-18(22)16-11-13(12-20-16)5-3-7-15-9-8-14-6-4-10-19-17(14)21-15/h4,6,8-12,20H,2-3,5,7H2,1H3. The summed E-state index contributed by atoms with van der Waals surface area (Å²) in [6.45, 7) is 2.18. The molecular formula is C18H19N3O2. The molecular weight excluding hydrogens is 290 g/mol. The highest BCUT2D eigenvalue weighted by atomic mass is 16.5. The number of fused-ring (bicyclic) bond motifs is 1. The van der Waals surface area contributed by atoms with Gasteiger partial charge in [-0.05, 0) is 62.1 Å². The Bertz CT molecular complexity index is 811. The molecule has 0 amide bonds. The maximum absolute atomic E-state index is 11.6. The quantitative estimate of drug-likeness (QED) is 0.709. The number of aromatic nitrogens is 3. The molecule has 3 aromatic heterocycles. The van der Waals surface area contributed by atoms with Gasteiger partial charge in [0.25, 0.3) is 0 Å². The summed E-state index contributed by atoms with van der Waals surface area (Å²) in [5, 5.41) is 1.06. The lowest BCUT2D eigenvalue weighted by atomic mass is 10.1. The molecule has 0 saturated heterocycles. The fourth-order valence-corrected chi connectivity index (χ4v) is 2.52. The van der Waals surface area contributed by atoms with Crippen LogP contribution in [0.1, 0.15) is 35.1 Å². The Hall–Kier alpha value is -2.69. The van der Waals surface area contributed by atoms with Crippen LogP contribution in [0.5, 0.6) is 0 Å². The third-order valence-corrected chi connectivity index (χ3v) is 3.66. The molecule has 0 spiro atoms. The topological polar surface area (TPSA) is 67.9 Å². The molecule has 23 heavy (non-hydrogen) atoms. The summed E-state index contributed by atoms with van der Waals surface area (Å²) in [6.07, 6.45) is 6.35. The number of aryl methyl sites for hydroxylation is 2. The van der Waals surface area contributed by atoms with Crippen molar-refractivity contribution in [2.75, 3.05) is 6.61 Å². The van der Waals surface area contributed by atoms with E-state index in [0.29, 0.717) is 12.3 Å². The highest BCUT2D eigenvalue weighted by molar-refractivity contribution is 5.87. The van der Waals surface area contributed by atoms with Crippen molar-refractivity contribution in [3.63, 3.8) is 0 Å². The number of esters is 1. The molecule has 0 bridgehead atoms. The third-order valence-electron chi connectivity index (χ3n) is 3.66. The number of carbonyl (C=O) groups excluding carboxylic acids is 1. The van der Waals surface area contributed by atoms with Crippen LogP contribution in [0, 0.1) is 0 Å². The predicted octanol–water partition coefficient (Wildman–Crippen LogP) is 3.31. The molecule has 0 fully saturated rings. The van der Waals surface area contributed by atoms with Gasteiger partial charge in [0.05, 0.1) is 6.61 Å². The summed E-state index contributed by atoms with van der Waals surface area (Å²) in [6, 6.07) is 9.88. The van der Waals surface area contributed by atoms with Gasteiger partial charge in [0.1, 0.15) is 5.69 Å². The molecule has 5 nitrogen and oxygen atoms in total. The smallest absolute Gasteiger partial charge is 0.354 e. The Morgan fingerprint density at radius 3 is 3.04 bits per heavy atom. The third kappa shape index (κ3) is 3.74. The fraction of sp³-hybridized carbons (Fsp3) is 0.278. The van der Waals surface area contributed by atoms with Crippen LogP contribution in [0.15, 0.2) is 42.7 Å². The minimum absolute atomic E-state index is 0.305. The molecule has 1 N–H and O–H groups in total. The number of hydrogen-bond donors (Lipinski definition) is 1. The average molecular weight is 309 g/mol. The van der Waals surface area contributed by atoms with Crippen LogP contribution in [-0.4, -0.2) is 27.5 Å². The van der Waals surface area contributed by atoms with E-state index in [9.17, 15) is 4.79 Å². The number of hydrogen-bond acceptors (Lipinski definition) is 4. The number of rotatable bonds is 6. The molecule has 0 unspecified atom stereocenters. The van der Waals surface area contributed by atoms with Crippen LogP contribution in [-0.2, 0) is 17.6 Å². The SMILES string of the molecule is CCOC(=O)c1cc(CCCc2ccc3cccnc3n2)c[nH]1. The molecule has 0 aromatic carbocycles. The van der Waals surface area contributed by atoms with Crippen molar-refractivity contribution in [3.05, 3.63) is 59.7 Å². The molecule has 0 aliphatic rings. The molecule has 3 rings (SSSR count). The lowest BCUT2D eigenvalue weighted by molar-refractivity contribution is 0.0520. The van der Waals surface area contributed by atoms with Gasteiger partial charge in [-0.15, -0.1) is 0 Å². The van der Waals surface area contributed by atoms with E-state index in [2.05, 4.69) is 21.0 Å². The summed E-state index contributed by atoms with van der Waals surface area (Å²) in [5.41, 5.74) is 3.44. The highest BCUT2D eigenvalue weighted by Crippen LogP contribution is 2.13. The Labute approximate surface area is 134 Å². The molecule has 0 saturated carbocycles. The van der Waals surface area contributed by atoms with E-state index in [1.54, 1.807) is 13.1 Å². The van der Waals surface area contributed by atoms with E-state index < -0.39 is 0 Å². The summed E-state index contributed by atoms with van der Waals surface area (Å²) < 4.78 is 4.97. The monoisotopic (exact) mass is 309 g/mol. The second-order valence-corrected chi connectivity index (χ2v) is 5.35. The Kier molecular flexibility index (Phi) is 4.66. The van der Waals surface area contributed by atoms with Crippen LogP contribution in [0.25, 0.3) is 11.0 Å². The summed E-state index contributed by atoms with van der Waals surface area (Å²) in [7, 11) is 0. The van der Waals surface area contributed by atoms with Gasteiger partial charge in [0.2, 0.25) is 0 Å². The summed E-state index contributed by atoms with van der Waals surface area (Å²) >= 11 is 0.